The fraction of sp³-hybridized carbons (Fsp3) is 0.312. The average molecular weight is 523 g/mol. The number of hydrogen-bond acceptors (Lipinski definition) is 7. The molecule has 3 atom stereocenters. The van der Waals surface area contributed by atoms with Gasteiger partial charge in [-0.2, -0.15) is 5.10 Å². The molecule has 7 heteroatoms. The van der Waals surface area contributed by atoms with Crippen LogP contribution in [0.3, 0.4) is 0 Å². The number of hydrogen-bond donors (Lipinski definition) is 0. The summed E-state index contributed by atoms with van der Waals surface area (Å²) in [5.41, 5.74) is 0.470. The van der Waals surface area contributed by atoms with E-state index >= 15 is 0 Å². The lowest BCUT2D eigenvalue weighted by Crippen LogP contribution is -2.45. The van der Waals surface area contributed by atoms with E-state index in [9.17, 15) is 14.4 Å². The smallest absolute Gasteiger partial charge is 0.180 e. The summed E-state index contributed by atoms with van der Waals surface area (Å²) in [5.74, 6) is -0.767. The fourth-order valence-electron chi connectivity index (χ4n) is 6.72. The highest BCUT2D eigenvalue weighted by molar-refractivity contribution is 6.31. The van der Waals surface area contributed by atoms with Gasteiger partial charge in [0.1, 0.15) is 11.5 Å². The first kappa shape index (κ1) is 25.0. The van der Waals surface area contributed by atoms with Crippen LogP contribution in [0.2, 0.25) is 0 Å². The van der Waals surface area contributed by atoms with Crippen molar-refractivity contribution in [1.82, 2.24) is 5.01 Å². The van der Waals surface area contributed by atoms with Crippen molar-refractivity contribution in [3.8, 4) is 11.5 Å². The molecule has 0 aromatic heterocycles. The molecule has 1 fully saturated rings. The Kier molecular flexibility index (Phi) is 5.54. The lowest BCUT2D eigenvalue weighted by atomic mass is 9.62. The number of ketones is 3. The SMILES string of the molecule is COc1cccc([C@H]2[C@H](C(=O)C(C)(C)C)N3N=Cc4ccccc4[C@H]3C23C(=O)c2ccccc2C3=O)c1OC. The topological polar surface area (TPSA) is 85.3 Å². The number of benzene rings is 3. The third-order valence-corrected chi connectivity index (χ3v) is 8.35. The number of hydrazone groups is 1. The molecule has 3 aromatic carbocycles. The quantitative estimate of drug-likeness (QED) is 0.436. The molecule has 0 bridgehead atoms. The minimum Gasteiger partial charge on any atom is -0.493 e. The van der Waals surface area contributed by atoms with E-state index < -0.39 is 28.8 Å². The van der Waals surface area contributed by atoms with Crippen LogP contribution in [-0.2, 0) is 4.79 Å². The van der Waals surface area contributed by atoms with E-state index in [0.717, 1.165) is 11.1 Å². The van der Waals surface area contributed by atoms with Gasteiger partial charge >= 0.3 is 0 Å². The molecule has 1 aliphatic carbocycles. The van der Waals surface area contributed by atoms with Crippen molar-refractivity contribution in [2.45, 2.75) is 38.8 Å². The molecule has 3 aromatic rings. The number of fused-ring (bicyclic) bond motifs is 5. The summed E-state index contributed by atoms with van der Waals surface area (Å²) in [7, 11) is 3.06. The van der Waals surface area contributed by atoms with Gasteiger partial charge < -0.3 is 9.47 Å². The van der Waals surface area contributed by atoms with Crippen molar-refractivity contribution in [2.75, 3.05) is 14.2 Å². The first-order valence-electron chi connectivity index (χ1n) is 13.0. The number of Topliss-reactive ketones (excluding diaryl/α,β-unsaturated/α-hetero) is 3. The van der Waals surface area contributed by atoms with Gasteiger partial charge in [-0.1, -0.05) is 81.4 Å². The van der Waals surface area contributed by atoms with E-state index in [1.54, 1.807) is 47.6 Å². The summed E-state index contributed by atoms with van der Waals surface area (Å²) in [6.45, 7) is 5.55. The second kappa shape index (κ2) is 8.63. The van der Waals surface area contributed by atoms with Crippen LogP contribution in [0.25, 0.3) is 0 Å². The molecule has 2 heterocycles. The molecule has 6 rings (SSSR count). The van der Waals surface area contributed by atoms with Gasteiger partial charge in [0.2, 0.25) is 0 Å². The largest absolute Gasteiger partial charge is 0.493 e. The maximum atomic E-state index is 14.8. The second-order valence-corrected chi connectivity index (χ2v) is 11.3. The van der Waals surface area contributed by atoms with Crippen LogP contribution in [-0.4, -0.2) is 48.8 Å². The zero-order chi connectivity index (χ0) is 27.7. The van der Waals surface area contributed by atoms with Gasteiger partial charge in [0, 0.05) is 28.0 Å². The summed E-state index contributed by atoms with van der Waals surface area (Å²) in [5, 5.41) is 6.49. The maximum Gasteiger partial charge on any atom is 0.180 e. The van der Waals surface area contributed by atoms with Crippen molar-refractivity contribution in [2.24, 2.45) is 15.9 Å². The number of para-hydroxylation sites is 1. The van der Waals surface area contributed by atoms with Gasteiger partial charge in [0.25, 0.3) is 0 Å². The summed E-state index contributed by atoms with van der Waals surface area (Å²) >= 11 is 0. The molecule has 0 saturated carbocycles. The lowest BCUT2D eigenvalue weighted by molar-refractivity contribution is -0.131. The van der Waals surface area contributed by atoms with Gasteiger partial charge in [-0.05, 0) is 17.2 Å². The van der Waals surface area contributed by atoms with E-state index in [1.165, 1.54) is 14.2 Å². The minimum atomic E-state index is -1.65. The Labute approximate surface area is 227 Å². The molecule has 0 N–H and O–H groups in total. The van der Waals surface area contributed by atoms with Gasteiger partial charge in [-0.25, -0.2) is 0 Å². The standard InChI is InChI=1S/C32H30N2O5/c1-31(2,3)30(37)25-24(22-15-10-16-23(38-4)26(22)39-5)32(28(35)20-13-8-9-14-21(20)29(32)36)27-19-12-7-6-11-18(19)17-33-34(25)27/h6-17,24-25,27H,1-5H3/t24-,25+,27-/m0/s1. The van der Waals surface area contributed by atoms with Crippen molar-refractivity contribution in [3.63, 3.8) is 0 Å². The highest BCUT2D eigenvalue weighted by Crippen LogP contribution is 2.66. The van der Waals surface area contributed by atoms with Crippen LogP contribution < -0.4 is 9.47 Å². The summed E-state index contributed by atoms with van der Waals surface area (Å²) in [4.78, 5) is 43.9. The van der Waals surface area contributed by atoms with Gasteiger partial charge in [-0.15, -0.1) is 0 Å². The third-order valence-electron chi connectivity index (χ3n) is 8.35. The van der Waals surface area contributed by atoms with E-state index in [4.69, 9.17) is 14.6 Å². The first-order chi connectivity index (χ1) is 18.7. The van der Waals surface area contributed by atoms with Crippen LogP contribution in [0.1, 0.15) is 70.1 Å². The number of methoxy groups -OCH3 is 2. The Morgan fingerprint density at radius 3 is 2.08 bits per heavy atom. The molecular weight excluding hydrogens is 492 g/mol. The summed E-state index contributed by atoms with van der Waals surface area (Å²) in [6, 6.07) is 18.2. The molecule has 1 spiro atoms. The van der Waals surface area contributed by atoms with Crippen LogP contribution in [0.15, 0.2) is 71.8 Å². The van der Waals surface area contributed by atoms with E-state index in [2.05, 4.69) is 0 Å². The molecule has 0 radical (unpaired) electrons. The number of carbonyl (C=O) groups excluding carboxylic acids is 3. The molecule has 3 aliphatic rings. The number of nitrogens with zero attached hydrogens (tertiary/aromatic N) is 2. The van der Waals surface area contributed by atoms with Gasteiger partial charge in [0.05, 0.1) is 26.5 Å². The number of rotatable bonds is 4. The van der Waals surface area contributed by atoms with Crippen LogP contribution >= 0.6 is 0 Å². The van der Waals surface area contributed by atoms with Crippen molar-refractivity contribution < 1.29 is 23.9 Å². The summed E-state index contributed by atoms with van der Waals surface area (Å²) in [6.07, 6.45) is 1.71. The van der Waals surface area contributed by atoms with E-state index in [1.807, 2.05) is 51.1 Å². The van der Waals surface area contributed by atoms with Crippen molar-refractivity contribution >= 4 is 23.6 Å². The Hall–Kier alpha value is -4.26. The van der Waals surface area contributed by atoms with Crippen LogP contribution in [0.4, 0.5) is 0 Å². The fourth-order valence-corrected chi connectivity index (χ4v) is 6.72. The highest BCUT2D eigenvalue weighted by Gasteiger charge is 2.73. The predicted molar refractivity (Wildman–Crippen MR) is 147 cm³/mol. The molecular formula is C32H30N2O5. The maximum absolute atomic E-state index is 14.8. The molecule has 198 valence electrons. The van der Waals surface area contributed by atoms with Crippen LogP contribution in [0.5, 0.6) is 11.5 Å². The Morgan fingerprint density at radius 2 is 1.46 bits per heavy atom. The molecule has 39 heavy (non-hydrogen) atoms. The minimum absolute atomic E-state index is 0.118. The molecule has 2 aliphatic heterocycles. The van der Waals surface area contributed by atoms with Crippen LogP contribution in [0, 0.1) is 10.8 Å². The molecule has 1 saturated heterocycles. The first-order valence-corrected chi connectivity index (χ1v) is 13.0. The molecule has 7 nitrogen and oxygen atoms in total. The van der Waals surface area contributed by atoms with Crippen molar-refractivity contribution in [1.29, 1.82) is 0 Å². The van der Waals surface area contributed by atoms with E-state index in [-0.39, 0.29) is 17.3 Å². The number of carbonyl (C=O) groups is 3. The second-order valence-electron chi connectivity index (χ2n) is 11.3. The van der Waals surface area contributed by atoms with Gasteiger partial charge in [0.15, 0.2) is 28.8 Å². The summed E-state index contributed by atoms with van der Waals surface area (Å²) < 4.78 is 11.5. The highest BCUT2D eigenvalue weighted by atomic mass is 16.5. The third kappa shape index (κ3) is 3.22. The predicted octanol–water partition coefficient (Wildman–Crippen LogP) is 5.24. The Bertz CT molecular complexity index is 1530. The molecule has 0 unspecified atom stereocenters. The monoisotopic (exact) mass is 522 g/mol. The zero-order valence-electron chi connectivity index (χ0n) is 22.6. The average Bonchev–Trinajstić information content (AvgIpc) is 3.37. The number of ether oxygens (including phenoxy) is 2. The Balaban J connectivity index is 1.75. The Morgan fingerprint density at radius 1 is 0.846 bits per heavy atom. The lowest BCUT2D eigenvalue weighted by Gasteiger charge is -2.36. The van der Waals surface area contributed by atoms with E-state index in [0.29, 0.717) is 28.2 Å². The van der Waals surface area contributed by atoms with Gasteiger partial charge in [-0.3, -0.25) is 19.4 Å². The normalized spacial score (nSPS) is 22.5. The zero-order valence-corrected chi connectivity index (χ0v) is 22.6. The van der Waals surface area contributed by atoms with Crippen molar-refractivity contribution in [3.05, 3.63) is 94.5 Å². The molecule has 0 amide bonds.